The first-order valence-corrected chi connectivity index (χ1v) is 5.09. The van der Waals surface area contributed by atoms with Crippen molar-refractivity contribution < 1.29 is 33.8 Å². The second kappa shape index (κ2) is 2.71. The lowest BCUT2D eigenvalue weighted by atomic mass is 11.7. The first-order chi connectivity index (χ1) is 4.15. The van der Waals surface area contributed by atoms with Gasteiger partial charge in [-0.15, -0.1) is 0 Å². The Labute approximate surface area is 55.6 Å². The Hall–Kier alpha value is 0.260. The summed E-state index contributed by atoms with van der Waals surface area (Å²) in [7, 11) is -11.4. The third-order valence-electron chi connectivity index (χ3n) is 0.566. The summed E-state index contributed by atoms with van der Waals surface area (Å²) < 4.78 is 19.3. The number of hydrogen-bond acceptors (Lipinski definition) is 7. The van der Waals surface area contributed by atoms with Crippen molar-refractivity contribution in [2.75, 3.05) is 0 Å². The average molecular weight is 188 g/mol. The number of hydrogen-bond donors (Lipinski definition) is 1. The quantitative estimate of drug-likeness (QED) is 0.435. The third kappa shape index (κ3) is 2.90. The lowest BCUT2D eigenvalue weighted by Gasteiger charge is -2.45. The van der Waals surface area contributed by atoms with Crippen LogP contribution in [0.15, 0.2) is 0 Å². The molecule has 0 atom stereocenters. The van der Waals surface area contributed by atoms with Crippen LogP contribution in [-0.2, 0) is 9.13 Å². The van der Waals surface area contributed by atoms with Crippen LogP contribution in [0.1, 0.15) is 0 Å². The zero-order chi connectivity index (χ0) is 8.58. The predicted octanol–water partition coefficient (Wildman–Crippen LogP) is -3.91. The molecule has 10 heavy (non-hydrogen) atoms. The minimum atomic E-state index is -5.71. The molecule has 0 radical (unpaired) electrons. The zero-order valence-corrected chi connectivity index (χ0v) is 6.16. The highest BCUT2D eigenvalue weighted by molar-refractivity contribution is 7.67. The maximum atomic E-state index is 9.63. The highest BCUT2D eigenvalue weighted by atomic mass is 31.2. The molecule has 0 saturated carbocycles. The van der Waals surface area contributed by atoms with E-state index in [2.05, 4.69) is 0 Å². The summed E-state index contributed by atoms with van der Waals surface area (Å²) in [6.45, 7) is 0. The summed E-state index contributed by atoms with van der Waals surface area (Å²) in [6, 6.07) is 0. The molecule has 0 bridgehead atoms. The van der Waals surface area contributed by atoms with E-state index in [1.54, 1.807) is 0 Å². The monoisotopic (exact) mass is 188 g/mol. The molecule has 0 aliphatic heterocycles. The maximum absolute atomic E-state index is 9.63. The Kier molecular flexibility index (Phi) is 2.78. The molecule has 1 N–H and O–H groups in total. The minimum Gasteiger partial charge on any atom is -0.809 e. The summed E-state index contributed by atoms with van der Waals surface area (Å²) in [5.74, 6) is 0. The fourth-order valence-corrected chi connectivity index (χ4v) is 1.56. The van der Waals surface area contributed by atoms with Crippen LogP contribution in [0, 0.1) is 0 Å². The van der Waals surface area contributed by atoms with E-state index in [4.69, 9.17) is 5.11 Å². The largest absolute Gasteiger partial charge is 0.809 e. The molecule has 0 heterocycles. The molecule has 0 spiro atoms. The molecular weight excluding hydrogens is 186 g/mol. The van der Waals surface area contributed by atoms with Crippen LogP contribution in [0.2, 0.25) is 0 Å². The van der Waals surface area contributed by atoms with Crippen LogP contribution in [-0.4, -0.2) is 10.7 Å². The third-order valence-corrected chi connectivity index (χ3v) is 3.39. The van der Waals surface area contributed by atoms with Crippen molar-refractivity contribution in [2.24, 2.45) is 0 Å². The van der Waals surface area contributed by atoms with Crippen LogP contribution in [0.25, 0.3) is 0 Å². The van der Waals surface area contributed by atoms with Crippen molar-refractivity contribution in [3.63, 3.8) is 0 Å². The first kappa shape index (κ1) is 10.3. The summed E-state index contributed by atoms with van der Waals surface area (Å²) in [4.78, 5) is 38.5. The molecule has 0 aliphatic rings. The highest BCUT2D eigenvalue weighted by Crippen LogP contribution is 2.47. The van der Waals surface area contributed by atoms with Crippen molar-refractivity contribution in [1.82, 2.24) is 0 Å². The van der Waals surface area contributed by atoms with Gasteiger partial charge in [0.05, 0.1) is 0 Å². The number of rotatable bonds is 2. The molecular formula is CH2O7P2-4. The van der Waals surface area contributed by atoms with Gasteiger partial charge in [-0.1, -0.05) is 0 Å². The van der Waals surface area contributed by atoms with Crippen molar-refractivity contribution in [1.29, 1.82) is 0 Å². The van der Waals surface area contributed by atoms with Gasteiger partial charge in [-0.25, -0.2) is 0 Å². The normalized spacial score (nSPS) is 14.2. The summed E-state index contributed by atoms with van der Waals surface area (Å²) in [6.07, 6.45) is 0. The van der Waals surface area contributed by atoms with Gasteiger partial charge in [-0.3, -0.25) is 0 Å². The van der Waals surface area contributed by atoms with Gasteiger partial charge in [0.15, 0.2) is 0 Å². The molecule has 62 valence electrons. The van der Waals surface area contributed by atoms with E-state index in [0.717, 1.165) is 0 Å². The molecule has 0 amide bonds. The first-order valence-electron chi connectivity index (χ1n) is 1.87. The van der Waals surface area contributed by atoms with Gasteiger partial charge in [0.1, 0.15) is 5.59 Å². The fourth-order valence-electron chi connectivity index (χ4n) is 0.173. The molecule has 9 heteroatoms. The van der Waals surface area contributed by atoms with Crippen molar-refractivity contribution >= 4 is 15.2 Å². The van der Waals surface area contributed by atoms with Gasteiger partial charge in [-0.2, -0.15) is 0 Å². The van der Waals surface area contributed by atoms with Crippen LogP contribution in [0.4, 0.5) is 0 Å². The molecule has 0 unspecified atom stereocenters. The SMILES string of the molecule is O=P([O-])([O-])C(O)P(=O)([O-])[O-]. The van der Waals surface area contributed by atoms with Crippen molar-refractivity contribution in [2.45, 2.75) is 5.59 Å². The molecule has 0 aliphatic carbocycles. The molecule has 0 saturated heterocycles. The lowest BCUT2D eigenvalue weighted by molar-refractivity contribution is -0.338. The molecule has 0 aromatic heterocycles. The smallest absolute Gasteiger partial charge is 0.107 e. The van der Waals surface area contributed by atoms with Crippen molar-refractivity contribution in [3.05, 3.63) is 0 Å². The Morgan fingerprint density at radius 2 is 1.20 bits per heavy atom. The molecule has 0 aromatic carbocycles. The van der Waals surface area contributed by atoms with E-state index in [1.807, 2.05) is 0 Å². The van der Waals surface area contributed by atoms with Crippen LogP contribution < -0.4 is 19.6 Å². The summed E-state index contributed by atoms with van der Waals surface area (Å²) >= 11 is 0. The number of aliphatic hydroxyl groups excluding tert-OH is 1. The van der Waals surface area contributed by atoms with Crippen LogP contribution in [0.3, 0.4) is 0 Å². The maximum Gasteiger partial charge on any atom is 0.107 e. The zero-order valence-electron chi connectivity index (χ0n) is 4.37. The van der Waals surface area contributed by atoms with Crippen LogP contribution in [0.5, 0.6) is 0 Å². The van der Waals surface area contributed by atoms with Gasteiger partial charge in [0, 0.05) is 0 Å². The van der Waals surface area contributed by atoms with E-state index in [-0.39, 0.29) is 0 Å². The highest BCUT2D eigenvalue weighted by Gasteiger charge is 2.11. The van der Waals surface area contributed by atoms with E-state index < -0.39 is 20.8 Å². The van der Waals surface area contributed by atoms with Gasteiger partial charge < -0.3 is 33.8 Å². The summed E-state index contributed by atoms with van der Waals surface area (Å²) in [5, 5.41) is 7.95. The van der Waals surface area contributed by atoms with Gasteiger partial charge in [-0.05, 0) is 15.2 Å². The second-order valence-electron chi connectivity index (χ2n) is 1.43. The van der Waals surface area contributed by atoms with Crippen LogP contribution >= 0.6 is 15.2 Å². The molecule has 0 aromatic rings. The molecule has 0 rings (SSSR count). The second-order valence-corrected chi connectivity index (χ2v) is 4.97. The van der Waals surface area contributed by atoms with E-state index in [0.29, 0.717) is 0 Å². The van der Waals surface area contributed by atoms with Gasteiger partial charge >= 0.3 is 0 Å². The fraction of sp³-hybridized carbons (Fsp3) is 1.00. The average Bonchev–Trinajstić information content (AvgIpc) is 1.59. The molecule has 7 nitrogen and oxygen atoms in total. The van der Waals surface area contributed by atoms with E-state index in [9.17, 15) is 28.7 Å². The van der Waals surface area contributed by atoms with Crippen molar-refractivity contribution in [3.8, 4) is 0 Å². The summed E-state index contributed by atoms with van der Waals surface area (Å²) in [5.41, 5.74) is -3.35. The standard InChI is InChI=1S/CH6O7P2/c2-1(9(3,4)5)10(6,7)8/h1-2H,(H2,3,4,5)(H2,6,7,8)/p-4. The predicted molar refractivity (Wildman–Crippen MR) is 21.2 cm³/mol. The van der Waals surface area contributed by atoms with E-state index >= 15 is 0 Å². The Bertz CT molecular complexity index is 174. The number of aliphatic hydroxyl groups is 1. The Balaban J connectivity index is 4.56. The molecule has 0 fully saturated rings. The Morgan fingerprint density at radius 1 is 1.00 bits per heavy atom. The Morgan fingerprint density at radius 3 is 1.20 bits per heavy atom. The van der Waals surface area contributed by atoms with Gasteiger partial charge in [0.25, 0.3) is 0 Å². The van der Waals surface area contributed by atoms with E-state index in [1.165, 1.54) is 0 Å². The topological polar surface area (TPSA) is 147 Å². The minimum absolute atomic E-state index is 3.35. The van der Waals surface area contributed by atoms with Gasteiger partial charge in [0.2, 0.25) is 0 Å². The lowest BCUT2D eigenvalue weighted by Crippen LogP contribution is -2.33.